The van der Waals surface area contributed by atoms with Gasteiger partial charge in [-0.1, -0.05) is 44.9 Å². The maximum absolute atomic E-state index is 4.07. The second-order valence-electron chi connectivity index (χ2n) is 8.66. The quantitative estimate of drug-likeness (QED) is 0.824. The third kappa shape index (κ3) is 2.79. The van der Waals surface area contributed by atoms with Crippen molar-refractivity contribution in [1.82, 2.24) is 10.2 Å². The van der Waals surface area contributed by atoms with Gasteiger partial charge in [-0.3, -0.25) is 4.90 Å². The molecule has 2 heteroatoms. The van der Waals surface area contributed by atoms with Gasteiger partial charge in [0.2, 0.25) is 0 Å². The monoisotopic (exact) mass is 290 g/mol. The van der Waals surface area contributed by atoms with Crippen molar-refractivity contribution in [2.24, 2.45) is 5.92 Å². The lowest BCUT2D eigenvalue weighted by Crippen LogP contribution is -2.70. The predicted molar refractivity (Wildman–Crippen MR) is 88.5 cm³/mol. The average Bonchev–Trinajstić information content (AvgIpc) is 3.17. The van der Waals surface area contributed by atoms with E-state index in [0.717, 1.165) is 5.92 Å². The molecule has 1 heterocycles. The van der Waals surface area contributed by atoms with Crippen molar-refractivity contribution in [2.45, 2.75) is 94.5 Å². The van der Waals surface area contributed by atoms with E-state index in [9.17, 15) is 0 Å². The van der Waals surface area contributed by atoms with Crippen molar-refractivity contribution < 1.29 is 0 Å². The third-order valence-corrected chi connectivity index (χ3v) is 7.26. The Labute approximate surface area is 131 Å². The molecule has 0 aromatic rings. The zero-order chi connectivity index (χ0) is 14.2. The second kappa shape index (κ2) is 5.85. The van der Waals surface area contributed by atoms with Gasteiger partial charge in [-0.2, -0.15) is 0 Å². The molecule has 3 saturated carbocycles. The molecule has 21 heavy (non-hydrogen) atoms. The summed E-state index contributed by atoms with van der Waals surface area (Å²) >= 11 is 0. The summed E-state index contributed by atoms with van der Waals surface area (Å²) in [6.45, 7) is 4.08. The summed E-state index contributed by atoms with van der Waals surface area (Å²) < 4.78 is 0. The van der Waals surface area contributed by atoms with Gasteiger partial charge in [-0.05, 0) is 44.4 Å². The van der Waals surface area contributed by atoms with Gasteiger partial charge in [0.1, 0.15) is 0 Å². The van der Waals surface area contributed by atoms with E-state index in [1.807, 2.05) is 0 Å². The highest BCUT2D eigenvalue weighted by molar-refractivity contribution is 5.08. The van der Waals surface area contributed by atoms with Gasteiger partial charge in [-0.25, -0.2) is 0 Å². The number of nitrogens with one attached hydrogen (secondary N) is 1. The van der Waals surface area contributed by atoms with Crippen LogP contribution < -0.4 is 5.32 Å². The van der Waals surface area contributed by atoms with Crippen LogP contribution in [0.2, 0.25) is 0 Å². The number of hydrogen-bond donors (Lipinski definition) is 1. The lowest BCUT2D eigenvalue weighted by molar-refractivity contribution is -0.0267. The molecule has 120 valence electrons. The van der Waals surface area contributed by atoms with Crippen molar-refractivity contribution in [3.05, 3.63) is 0 Å². The molecule has 4 fully saturated rings. The lowest BCUT2D eigenvalue weighted by atomic mass is 9.75. The molecule has 0 bridgehead atoms. The largest absolute Gasteiger partial charge is 0.308 e. The lowest BCUT2D eigenvalue weighted by Gasteiger charge is -2.56. The fourth-order valence-corrected chi connectivity index (χ4v) is 5.91. The Kier molecular flexibility index (Phi) is 4.04. The van der Waals surface area contributed by atoms with E-state index < -0.39 is 0 Å². The second-order valence-corrected chi connectivity index (χ2v) is 8.66. The molecule has 1 aliphatic heterocycles. The number of hydrogen-bond acceptors (Lipinski definition) is 2. The van der Waals surface area contributed by atoms with Crippen LogP contribution in [0.3, 0.4) is 0 Å². The van der Waals surface area contributed by atoms with Crippen LogP contribution in [0.25, 0.3) is 0 Å². The fourth-order valence-electron chi connectivity index (χ4n) is 5.91. The van der Waals surface area contributed by atoms with Gasteiger partial charge in [0.05, 0.1) is 0 Å². The molecular weight excluding hydrogens is 256 g/mol. The minimum Gasteiger partial charge on any atom is -0.308 e. The summed E-state index contributed by atoms with van der Waals surface area (Å²) in [5.41, 5.74) is 1.04. The molecule has 0 aromatic heterocycles. The summed E-state index contributed by atoms with van der Waals surface area (Å²) in [7, 11) is 0. The standard InChI is InChI=1S/C19H34N2/c1-4-12-19(13-5-1)15-20-18(10-6-7-11-18)16-21(19)14-17-8-2-3-9-17/h17,20H,1-16H2. The molecule has 2 nitrogen and oxygen atoms in total. The zero-order valence-corrected chi connectivity index (χ0v) is 13.8. The van der Waals surface area contributed by atoms with E-state index in [4.69, 9.17) is 0 Å². The Morgan fingerprint density at radius 1 is 0.810 bits per heavy atom. The van der Waals surface area contributed by atoms with E-state index in [0.29, 0.717) is 11.1 Å². The van der Waals surface area contributed by atoms with E-state index in [1.165, 1.54) is 103 Å². The molecule has 2 spiro atoms. The first-order valence-corrected chi connectivity index (χ1v) is 9.81. The van der Waals surface area contributed by atoms with Gasteiger partial charge >= 0.3 is 0 Å². The molecule has 0 atom stereocenters. The van der Waals surface area contributed by atoms with Crippen LogP contribution in [0.5, 0.6) is 0 Å². The molecule has 1 N–H and O–H groups in total. The molecule has 0 unspecified atom stereocenters. The Balaban J connectivity index is 1.51. The summed E-state index contributed by atoms with van der Waals surface area (Å²) in [6, 6.07) is 0. The van der Waals surface area contributed by atoms with Crippen molar-refractivity contribution in [3.8, 4) is 0 Å². The van der Waals surface area contributed by atoms with Crippen molar-refractivity contribution in [3.63, 3.8) is 0 Å². The summed E-state index contributed by atoms with van der Waals surface area (Å²) in [6.07, 6.45) is 19.1. The number of piperazine rings is 1. The first-order chi connectivity index (χ1) is 10.3. The van der Waals surface area contributed by atoms with Crippen molar-refractivity contribution in [2.75, 3.05) is 19.6 Å². The van der Waals surface area contributed by atoms with Crippen LogP contribution in [0.15, 0.2) is 0 Å². The van der Waals surface area contributed by atoms with E-state index in [-0.39, 0.29) is 0 Å². The van der Waals surface area contributed by atoms with E-state index in [2.05, 4.69) is 10.2 Å². The van der Waals surface area contributed by atoms with Gasteiger partial charge in [-0.15, -0.1) is 0 Å². The minimum atomic E-state index is 0.501. The first kappa shape index (κ1) is 14.5. The van der Waals surface area contributed by atoms with E-state index >= 15 is 0 Å². The Morgan fingerprint density at radius 2 is 1.48 bits per heavy atom. The van der Waals surface area contributed by atoms with Crippen LogP contribution in [0.4, 0.5) is 0 Å². The first-order valence-electron chi connectivity index (χ1n) is 9.81. The van der Waals surface area contributed by atoms with Crippen molar-refractivity contribution >= 4 is 0 Å². The maximum atomic E-state index is 4.07. The topological polar surface area (TPSA) is 15.3 Å². The Morgan fingerprint density at radius 3 is 2.19 bits per heavy atom. The highest BCUT2D eigenvalue weighted by Crippen LogP contribution is 2.42. The van der Waals surface area contributed by atoms with Crippen LogP contribution in [0.1, 0.15) is 83.5 Å². The van der Waals surface area contributed by atoms with E-state index in [1.54, 1.807) is 0 Å². The normalized spacial score (nSPS) is 33.1. The van der Waals surface area contributed by atoms with Gasteiger partial charge in [0.25, 0.3) is 0 Å². The summed E-state index contributed by atoms with van der Waals surface area (Å²) in [5.74, 6) is 1.01. The molecule has 0 amide bonds. The molecule has 0 aromatic carbocycles. The van der Waals surface area contributed by atoms with Gasteiger partial charge in [0.15, 0.2) is 0 Å². The van der Waals surface area contributed by atoms with Crippen LogP contribution in [-0.2, 0) is 0 Å². The van der Waals surface area contributed by atoms with Gasteiger partial charge < -0.3 is 5.32 Å². The Hall–Kier alpha value is -0.0800. The number of rotatable bonds is 2. The summed E-state index contributed by atoms with van der Waals surface area (Å²) in [5, 5.41) is 4.07. The molecule has 1 saturated heterocycles. The highest BCUT2D eigenvalue weighted by Gasteiger charge is 2.48. The highest BCUT2D eigenvalue weighted by atomic mass is 15.3. The predicted octanol–water partition coefficient (Wildman–Crippen LogP) is 4.10. The zero-order valence-electron chi connectivity index (χ0n) is 13.8. The Bertz CT molecular complexity index is 347. The molecule has 3 aliphatic carbocycles. The van der Waals surface area contributed by atoms with Gasteiger partial charge in [0, 0.05) is 30.7 Å². The average molecular weight is 290 g/mol. The van der Waals surface area contributed by atoms with Crippen LogP contribution in [0, 0.1) is 5.92 Å². The summed E-state index contributed by atoms with van der Waals surface area (Å²) in [4.78, 5) is 3.02. The van der Waals surface area contributed by atoms with Crippen LogP contribution >= 0.6 is 0 Å². The molecule has 0 radical (unpaired) electrons. The fraction of sp³-hybridized carbons (Fsp3) is 1.00. The SMILES string of the molecule is C1CCC2(CC1)CNC1(CCCC1)CN2CC1CCCC1. The molecule has 4 rings (SSSR count). The maximum Gasteiger partial charge on any atom is 0.0335 e. The molecular formula is C19H34N2. The van der Waals surface area contributed by atoms with Crippen molar-refractivity contribution in [1.29, 1.82) is 0 Å². The third-order valence-electron chi connectivity index (χ3n) is 7.26. The van der Waals surface area contributed by atoms with Crippen LogP contribution in [-0.4, -0.2) is 35.6 Å². The molecule has 4 aliphatic rings. The smallest absolute Gasteiger partial charge is 0.0335 e. The minimum absolute atomic E-state index is 0.501. The number of nitrogens with zero attached hydrogens (tertiary/aromatic N) is 1.